The summed E-state index contributed by atoms with van der Waals surface area (Å²) in [7, 11) is 3.12. The molecule has 8 heteroatoms. The molecule has 0 aromatic heterocycles. The number of hydrogen-bond acceptors (Lipinski definition) is 5. The summed E-state index contributed by atoms with van der Waals surface area (Å²) in [5.41, 5.74) is 6.15. The molecule has 3 N–H and O–H groups in total. The molecule has 1 heterocycles. The van der Waals surface area contributed by atoms with E-state index in [1.807, 2.05) is 6.92 Å². The number of rotatable bonds is 7. The number of benzene rings is 1. The topological polar surface area (TPSA) is 93.9 Å². The molecule has 0 spiro atoms. The summed E-state index contributed by atoms with van der Waals surface area (Å²) in [5, 5.41) is 3.09. The second-order valence-electron chi connectivity index (χ2n) is 7.33. The first-order chi connectivity index (χ1) is 12.4. The van der Waals surface area contributed by atoms with Gasteiger partial charge in [0.05, 0.1) is 31.4 Å². The van der Waals surface area contributed by atoms with Crippen molar-refractivity contribution in [1.82, 2.24) is 5.32 Å². The fraction of sp³-hybridized carbons (Fsp3) is 0.579. The lowest BCUT2D eigenvalue weighted by molar-refractivity contribution is -0.128. The summed E-state index contributed by atoms with van der Waals surface area (Å²) < 4.78 is 10.6. The number of methoxy groups -OCH3 is 2. The van der Waals surface area contributed by atoms with Crippen LogP contribution < -0.4 is 25.4 Å². The molecule has 1 aliphatic heterocycles. The van der Waals surface area contributed by atoms with E-state index in [4.69, 9.17) is 15.2 Å². The van der Waals surface area contributed by atoms with Gasteiger partial charge in [0, 0.05) is 25.6 Å². The highest BCUT2D eigenvalue weighted by atomic mass is 35.5. The van der Waals surface area contributed by atoms with Crippen molar-refractivity contribution in [3.8, 4) is 11.5 Å². The largest absolute Gasteiger partial charge is 0.497 e. The highest BCUT2D eigenvalue weighted by Gasteiger charge is 2.44. The highest BCUT2D eigenvalue weighted by Crippen LogP contribution is 2.40. The minimum atomic E-state index is -0.390. The zero-order chi connectivity index (χ0) is 18.9. The van der Waals surface area contributed by atoms with Crippen LogP contribution in [0, 0.1) is 11.8 Å². The Hall–Kier alpha value is -1.99. The molecule has 1 aromatic rings. The van der Waals surface area contributed by atoms with Gasteiger partial charge in [-0.25, -0.2) is 0 Å². The second-order valence-corrected chi connectivity index (χ2v) is 7.33. The van der Waals surface area contributed by atoms with Crippen LogP contribution in [0.5, 0.6) is 11.5 Å². The first kappa shape index (κ1) is 21.3. The molecule has 1 saturated carbocycles. The van der Waals surface area contributed by atoms with Gasteiger partial charge in [0.2, 0.25) is 11.8 Å². The summed E-state index contributed by atoms with van der Waals surface area (Å²) in [6.45, 7) is 2.72. The van der Waals surface area contributed by atoms with Crippen molar-refractivity contribution >= 4 is 29.9 Å². The number of amides is 2. The maximum absolute atomic E-state index is 12.7. The standard InChI is InChI=1S/C19H27N3O4.ClH/c1-19(11-20,13-4-5-13)21-18(24)12-8-17(23)22(10-12)15-7-6-14(25-2)9-16(15)26-3;/h6-7,9,12-13H,4-5,8,10-11,20H2,1-3H3,(H,21,24);1H. The minimum absolute atomic E-state index is 0. The van der Waals surface area contributed by atoms with Crippen LogP contribution in [0.2, 0.25) is 0 Å². The van der Waals surface area contributed by atoms with Gasteiger partial charge < -0.3 is 25.4 Å². The average molecular weight is 398 g/mol. The summed E-state index contributed by atoms with van der Waals surface area (Å²) in [6, 6.07) is 5.29. The first-order valence-electron chi connectivity index (χ1n) is 8.96. The smallest absolute Gasteiger partial charge is 0.227 e. The Bertz CT molecular complexity index is 710. The van der Waals surface area contributed by atoms with E-state index >= 15 is 0 Å². The fourth-order valence-electron chi connectivity index (χ4n) is 3.55. The number of carbonyl (C=O) groups excluding carboxylic acids is 2. The van der Waals surface area contributed by atoms with Gasteiger partial charge in [0.25, 0.3) is 0 Å². The Kier molecular flexibility index (Phi) is 6.59. The molecule has 2 fully saturated rings. The Morgan fingerprint density at radius 3 is 2.59 bits per heavy atom. The highest BCUT2D eigenvalue weighted by molar-refractivity contribution is 6.01. The molecule has 7 nitrogen and oxygen atoms in total. The van der Waals surface area contributed by atoms with E-state index in [-0.39, 0.29) is 42.1 Å². The number of hydrogen-bond donors (Lipinski definition) is 2. The van der Waals surface area contributed by atoms with Crippen molar-refractivity contribution in [1.29, 1.82) is 0 Å². The predicted molar refractivity (Wildman–Crippen MR) is 106 cm³/mol. The third kappa shape index (κ3) is 4.30. The molecule has 0 bridgehead atoms. The van der Waals surface area contributed by atoms with Crippen molar-refractivity contribution in [2.24, 2.45) is 17.6 Å². The number of carbonyl (C=O) groups is 2. The molecule has 2 amide bonds. The van der Waals surface area contributed by atoms with Crippen LogP contribution in [0.4, 0.5) is 5.69 Å². The van der Waals surface area contributed by atoms with Crippen LogP contribution in [0.15, 0.2) is 18.2 Å². The van der Waals surface area contributed by atoms with E-state index in [0.29, 0.717) is 36.2 Å². The molecule has 1 aromatic carbocycles. The maximum Gasteiger partial charge on any atom is 0.227 e. The number of nitrogens with two attached hydrogens (primary N) is 1. The van der Waals surface area contributed by atoms with Crippen LogP contribution in [0.3, 0.4) is 0 Å². The molecular formula is C19H28ClN3O4. The number of ether oxygens (including phenoxy) is 2. The van der Waals surface area contributed by atoms with E-state index in [0.717, 1.165) is 12.8 Å². The lowest BCUT2D eigenvalue weighted by atomic mass is 9.94. The van der Waals surface area contributed by atoms with E-state index < -0.39 is 0 Å². The SMILES string of the molecule is COc1ccc(N2CC(C(=O)NC(C)(CN)C3CC3)CC2=O)c(OC)c1.Cl. The molecule has 2 atom stereocenters. The number of anilines is 1. The number of halogens is 1. The van der Waals surface area contributed by atoms with Gasteiger partial charge in [-0.2, -0.15) is 0 Å². The monoisotopic (exact) mass is 397 g/mol. The van der Waals surface area contributed by atoms with Crippen molar-refractivity contribution in [3.05, 3.63) is 18.2 Å². The van der Waals surface area contributed by atoms with Gasteiger partial charge in [-0.15, -0.1) is 12.4 Å². The van der Waals surface area contributed by atoms with Crippen LogP contribution in [0.25, 0.3) is 0 Å². The van der Waals surface area contributed by atoms with Crippen LogP contribution >= 0.6 is 12.4 Å². The van der Waals surface area contributed by atoms with Gasteiger partial charge in [-0.05, 0) is 37.8 Å². The quantitative estimate of drug-likeness (QED) is 0.730. The van der Waals surface area contributed by atoms with E-state index in [1.165, 1.54) is 0 Å². The minimum Gasteiger partial charge on any atom is -0.497 e. The Morgan fingerprint density at radius 2 is 2.04 bits per heavy atom. The molecule has 27 heavy (non-hydrogen) atoms. The molecule has 2 unspecified atom stereocenters. The van der Waals surface area contributed by atoms with Gasteiger partial charge in [0.1, 0.15) is 11.5 Å². The molecule has 1 saturated heterocycles. The Balaban J connectivity index is 0.00000261. The van der Waals surface area contributed by atoms with Gasteiger partial charge in [-0.3, -0.25) is 9.59 Å². The third-order valence-electron chi connectivity index (χ3n) is 5.48. The average Bonchev–Trinajstić information content (AvgIpc) is 3.44. The summed E-state index contributed by atoms with van der Waals surface area (Å²) in [6.07, 6.45) is 2.37. The van der Waals surface area contributed by atoms with E-state index in [9.17, 15) is 9.59 Å². The van der Waals surface area contributed by atoms with Gasteiger partial charge >= 0.3 is 0 Å². The van der Waals surface area contributed by atoms with Crippen LogP contribution in [-0.4, -0.2) is 44.7 Å². The summed E-state index contributed by atoms with van der Waals surface area (Å²) >= 11 is 0. The first-order valence-corrected chi connectivity index (χ1v) is 8.96. The van der Waals surface area contributed by atoms with Gasteiger partial charge in [0.15, 0.2) is 0 Å². The van der Waals surface area contributed by atoms with Gasteiger partial charge in [-0.1, -0.05) is 0 Å². The van der Waals surface area contributed by atoms with Crippen LogP contribution in [0.1, 0.15) is 26.2 Å². The van der Waals surface area contributed by atoms with E-state index in [1.54, 1.807) is 37.3 Å². The zero-order valence-electron chi connectivity index (χ0n) is 16.0. The van der Waals surface area contributed by atoms with E-state index in [2.05, 4.69) is 5.32 Å². The normalized spacial score (nSPS) is 21.3. The molecule has 150 valence electrons. The third-order valence-corrected chi connectivity index (χ3v) is 5.48. The fourth-order valence-corrected chi connectivity index (χ4v) is 3.55. The molecular weight excluding hydrogens is 370 g/mol. The summed E-state index contributed by atoms with van der Waals surface area (Å²) in [4.78, 5) is 26.9. The Labute approximate surface area is 166 Å². The maximum atomic E-state index is 12.7. The summed E-state index contributed by atoms with van der Waals surface area (Å²) in [5.74, 6) is 1.05. The number of nitrogens with zero attached hydrogens (tertiary/aromatic N) is 1. The van der Waals surface area contributed by atoms with Crippen molar-refractivity contribution < 1.29 is 19.1 Å². The van der Waals surface area contributed by atoms with Crippen molar-refractivity contribution in [2.75, 3.05) is 32.2 Å². The molecule has 0 radical (unpaired) electrons. The zero-order valence-corrected chi connectivity index (χ0v) is 16.8. The Morgan fingerprint density at radius 1 is 1.33 bits per heavy atom. The molecule has 2 aliphatic rings. The molecule has 3 rings (SSSR count). The van der Waals surface area contributed by atoms with Crippen molar-refractivity contribution in [2.45, 2.75) is 31.7 Å². The van der Waals surface area contributed by atoms with Crippen LogP contribution in [-0.2, 0) is 9.59 Å². The number of nitrogens with one attached hydrogen (secondary N) is 1. The lowest BCUT2D eigenvalue weighted by Crippen LogP contribution is -2.54. The van der Waals surface area contributed by atoms with Crippen molar-refractivity contribution in [3.63, 3.8) is 0 Å². The molecule has 1 aliphatic carbocycles. The second kappa shape index (κ2) is 8.35. The lowest BCUT2D eigenvalue weighted by Gasteiger charge is -2.30. The predicted octanol–water partition coefficient (Wildman–Crippen LogP) is 1.72.